The monoisotopic (exact) mass is 337 g/mol. The Morgan fingerprint density at radius 2 is 1.57 bits per heavy atom. The quantitative estimate of drug-likeness (QED) is 0.489. The summed E-state index contributed by atoms with van der Waals surface area (Å²) >= 11 is 4.19. The molecule has 0 aliphatic carbocycles. The van der Waals surface area contributed by atoms with Gasteiger partial charge in [-0.25, -0.2) is 14.1 Å². The summed E-state index contributed by atoms with van der Waals surface area (Å²) in [6.45, 7) is 3.33. The number of halogens is 2. The Morgan fingerprint density at radius 1 is 1.14 bits per heavy atom. The Morgan fingerprint density at radius 3 is 1.93 bits per heavy atom. The van der Waals surface area contributed by atoms with E-state index in [0.29, 0.717) is 0 Å². The molecule has 80 valence electrons. The third kappa shape index (κ3) is 5.53. The van der Waals surface area contributed by atoms with Gasteiger partial charge in [0.15, 0.2) is 0 Å². The van der Waals surface area contributed by atoms with Crippen molar-refractivity contribution in [2.75, 3.05) is 20.6 Å². The zero-order valence-corrected chi connectivity index (χ0v) is 14.5. The molecule has 0 spiro atoms. The molecule has 0 aromatic heterocycles. The molecule has 1 nitrogen and oxygen atoms in total. The van der Waals surface area contributed by atoms with Crippen LogP contribution in [0.15, 0.2) is 30.3 Å². The Balaban J connectivity index is 0. The minimum Gasteiger partial charge on any atom is -1.00 e. The van der Waals surface area contributed by atoms with E-state index < -0.39 is 0 Å². The molecule has 0 fully saturated rings. The van der Waals surface area contributed by atoms with E-state index in [9.17, 15) is 0 Å². The molecule has 0 saturated carbocycles. The minimum atomic E-state index is 0. The largest absolute Gasteiger partial charge is 1.00 e. The van der Waals surface area contributed by atoms with Gasteiger partial charge in [-0.2, -0.15) is 0 Å². The van der Waals surface area contributed by atoms with Gasteiger partial charge in [0.05, 0.1) is 20.6 Å². The van der Waals surface area contributed by atoms with Crippen LogP contribution in [0.1, 0.15) is 6.92 Å². The van der Waals surface area contributed by atoms with Crippen LogP contribution in [0.5, 0.6) is 0 Å². The fourth-order valence-electron chi connectivity index (χ4n) is 1.01. The predicted octanol–water partition coefficient (Wildman–Crippen LogP) is -0.793. The summed E-state index contributed by atoms with van der Waals surface area (Å²) in [5.74, 6) is 0. The molecular weight excluding hydrogens is 321 g/mol. The lowest BCUT2D eigenvalue weighted by molar-refractivity contribution is -0.00000273. The summed E-state index contributed by atoms with van der Waals surface area (Å²) in [7, 11) is 4.44. The van der Waals surface area contributed by atoms with E-state index in [4.69, 9.17) is 0 Å². The highest BCUT2D eigenvalue weighted by Crippen LogP contribution is 2.16. The zero-order valence-electron chi connectivity index (χ0n) is 9.30. The average Bonchev–Trinajstić information content (AvgIpc) is 2.22. The smallest absolute Gasteiger partial charge is 0.319 e. The first-order valence-electron chi connectivity index (χ1n) is 4.43. The fourth-order valence-corrected chi connectivity index (χ4v) is 1.01. The molecular formula is C10H18AlBr2N. The van der Waals surface area contributed by atoms with Gasteiger partial charge in [0.1, 0.15) is 5.69 Å². The van der Waals surface area contributed by atoms with Crippen molar-refractivity contribution in [3.8, 4) is 0 Å². The Hall–Kier alpha value is 0.672. The summed E-state index contributed by atoms with van der Waals surface area (Å²) in [6.07, 6.45) is 0. The lowest BCUT2D eigenvalue weighted by Crippen LogP contribution is -3.00. The Labute approximate surface area is 113 Å². The molecule has 0 atom stereocenters. The summed E-state index contributed by atoms with van der Waals surface area (Å²) in [5.41, 5.74) is 1.37. The van der Waals surface area contributed by atoms with Crippen LogP contribution >= 0.6 is 14.1 Å². The van der Waals surface area contributed by atoms with Gasteiger partial charge in [-0.15, -0.1) is 0 Å². The van der Waals surface area contributed by atoms with Gasteiger partial charge in [-0.05, 0) is 19.1 Å². The maximum absolute atomic E-state index is 3.08. The first kappa shape index (κ1) is 17.1. The van der Waals surface area contributed by atoms with E-state index in [0.717, 1.165) is 25.5 Å². The van der Waals surface area contributed by atoms with E-state index >= 15 is 0 Å². The zero-order chi connectivity index (χ0) is 10.3. The number of rotatable bonds is 2. The van der Waals surface area contributed by atoms with Gasteiger partial charge >= 0.3 is 14.5 Å². The molecule has 0 saturated heterocycles. The number of quaternary nitrogens is 1. The number of hydrogen-bond acceptors (Lipinski definition) is 0. The normalized spacial score (nSPS) is 9.43. The van der Waals surface area contributed by atoms with Gasteiger partial charge < -0.3 is 17.0 Å². The second-order valence-corrected chi connectivity index (χ2v) is 3.34. The van der Waals surface area contributed by atoms with Crippen LogP contribution in [0.25, 0.3) is 0 Å². The van der Waals surface area contributed by atoms with Crippen molar-refractivity contribution in [1.82, 2.24) is 4.48 Å². The standard InChI is InChI=1S/C10H16N.Al.2BrH.2H/c1-4-11(2,3)10-8-6-5-7-9-10;;;;;/h5-9H,4H2,1-3H3;;2*1H;;/q2*+1;;;;/p-2. The molecule has 0 heterocycles. The predicted molar refractivity (Wildman–Crippen MR) is 68.1 cm³/mol. The SMILES string of the molecule is CC[N+](C)(C)c1ccccc1.[AlH2][Br].[Br-]. The first-order chi connectivity index (χ1) is 6.17. The molecule has 0 amide bonds. The molecule has 0 N–H and O–H groups in total. The van der Waals surface area contributed by atoms with Crippen molar-refractivity contribution in [3.63, 3.8) is 0 Å². The van der Waals surface area contributed by atoms with Crippen molar-refractivity contribution in [3.05, 3.63) is 30.3 Å². The van der Waals surface area contributed by atoms with Crippen LogP contribution in [-0.4, -0.2) is 35.1 Å². The molecule has 1 rings (SSSR count). The lowest BCUT2D eigenvalue weighted by atomic mass is 10.2. The first-order valence-corrected chi connectivity index (χ1v) is 9.94. The van der Waals surface area contributed by atoms with Gasteiger partial charge in [-0.1, -0.05) is 18.2 Å². The van der Waals surface area contributed by atoms with E-state index in [-0.39, 0.29) is 17.0 Å². The van der Waals surface area contributed by atoms with Crippen molar-refractivity contribution in [1.29, 1.82) is 0 Å². The van der Waals surface area contributed by atoms with Gasteiger partial charge in [-0.3, -0.25) is 4.48 Å². The highest BCUT2D eigenvalue weighted by molar-refractivity contribution is 9.22. The highest BCUT2D eigenvalue weighted by atomic mass is 79.9. The van der Waals surface area contributed by atoms with Gasteiger partial charge in [0.2, 0.25) is 0 Å². The maximum atomic E-state index is 3.08. The van der Waals surface area contributed by atoms with Crippen molar-refractivity contribution >= 4 is 34.2 Å². The molecule has 4 heteroatoms. The molecule has 1 aromatic carbocycles. The molecule has 1 aromatic rings. The molecule has 14 heavy (non-hydrogen) atoms. The topological polar surface area (TPSA) is 0 Å². The van der Waals surface area contributed by atoms with Crippen molar-refractivity contribution in [2.24, 2.45) is 0 Å². The highest BCUT2D eigenvalue weighted by Gasteiger charge is 2.13. The molecule has 0 bridgehead atoms. The van der Waals surface area contributed by atoms with E-state index in [1.807, 2.05) is 0 Å². The van der Waals surface area contributed by atoms with Gasteiger partial charge in [0.25, 0.3) is 0 Å². The molecule has 0 radical (unpaired) electrons. The van der Waals surface area contributed by atoms with Crippen LogP contribution in [0.3, 0.4) is 0 Å². The third-order valence-corrected chi connectivity index (χ3v) is 2.25. The van der Waals surface area contributed by atoms with Crippen LogP contribution < -0.4 is 21.5 Å². The Bertz CT molecular complexity index is 227. The van der Waals surface area contributed by atoms with E-state index in [2.05, 4.69) is 65.4 Å². The fraction of sp³-hybridized carbons (Fsp3) is 0.400. The lowest BCUT2D eigenvalue weighted by Gasteiger charge is -2.27. The number of hydrogen-bond donors (Lipinski definition) is 0. The summed E-state index contributed by atoms with van der Waals surface area (Å²) < 4.78 is 0.959. The third-order valence-electron chi connectivity index (χ3n) is 2.25. The van der Waals surface area contributed by atoms with Crippen molar-refractivity contribution in [2.45, 2.75) is 6.92 Å². The molecule has 0 unspecified atom stereocenters. The van der Waals surface area contributed by atoms with Crippen LogP contribution in [0, 0.1) is 0 Å². The number of benzene rings is 1. The van der Waals surface area contributed by atoms with Crippen LogP contribution in [0.2, 0.25) is 0 Å². The van der Waals surface area contributed by atoms with Crippen molar-refractivity contribution < 1.29 is 17.0 Å². The van der Waals surface area contributed by atoms with Crippen LogP contribution in [0.4, 0.5) is 5.69 Å². The number of nitrogens with zero attached hydrogens (tertiary/aromatic N) is 1. The van der Waals surface area contributed by atoms with E-state index in [1.54, 1.807) is 0 Å². The average molecular weight is 339 g/mol. The number of para-hydroxylation sites is 1. The maximum Gasteiger partial charge on any atom is 0.319 e. The second-order valence-electron chi connectivity index (χ2n) is 3.34. The summed E-state index contributed by atoms with van der Waals surface area (Å²) in [6, 6.07) is 10.6. The molecule has 0 aliphatic rings. The summed E-state index contributed by atoms with van der Waals surface area (Å²) in [4.78, 5) is 0. The van der Waals surface area contributed by atoms with Crippen LogP contribution in [-0.2, 0) is 0 Å². The van der Waals surface area contributed by atoms with Gasteiger partial charge in [0, 0.05) is 0 Å². The Kier molecular flexibility index (Phi) is 10.9. The minimum absolute atomic E-state index is 0. The second kappa shape index (κ2) is 8.94. The molecule has 0 aliphatic heterocycles. The van der Waals surface area contributed by atoms with E-state index in [1.165, 1.54) is 5.69 Å². The summed E-state index contributed by atoms with van der Waals surface area (Å²) in [5, 5.41) is 0.